The number of ether oxygens (including phenoxy) is 1. The summed E-state index contributed by atoms with van der Waals surface area (Å²) >= 11 is 1.51. The summed E-state index contributed by atoms with van der Waals surface area (Å²) in [5.74, 6) is 0.469. The minimum absolute atomic E-state index is 0.210. The number of nitrogens with zero attached hydrogens (tertiary/aromatic N) is 3. The zero-order valence-corrected chi connectivity index (χ0v) is 14.8. The van der Waals surface area contributed by atoms with Gasteiger partial charge in [-0.25, -0.2) is 9.37 Å². The van der Waals surface area contributed by atoms with Crippen LogP contribution < -0.4 is 4.74 Å². The second kappa shape index (κ2) is 6.62. The molecule has 0 fully saturated rings. The summed E-state index contributed by atoms with van der Waals surface area (Å²) in [5.41, 5.74) is 4.24. The Hall–Kier alpha value is -3.17. The largest absolute Gasteiger partial charge is 0.497 e. The van der Waals surface area contributed by atoms with E-state index in [0.29, 0.717) is 5.69 Å². The molecule has 0 aliphatic carbocycles. The molecule has 4 nitrogen and oxygen atoms in total. The average Bonchev–Trinajstić information content (AvgIpc) is 3.23. The summed E-state index contributed by atoms with van der Waals surface area (Å²) in [5, 5.41) is 11.3. The topological polar surface area (TPSA) is 50.3 Å². The molecule has 0 saturated carbocycles. The molecule has 0 saturated heterocycles. The van der Waals surface area contributed by atoms with Gasteiger partial charge in [0.15, 0.2) is 4.96 Å². The highest BCUT2D eigenvalue weighted by Crippen LogP contribution is 2.34. The molecule has 0 aliphatic rings. The first-order chi connectivity index (χ1) is 12.7. The quantitative estimate of drug-likeness (QED) is 0.516. The van der Waals surface area contributed by atoms with Crippen LogP contribution in [0.2, 0.25) is 0 Å². The standard InChI is InChI=1S/C20H14FN3OS/c1-25-16-4-2-3-14(11-16)18-12-26-20-23-19(17(9-10-22)24(18)20)13-5-7-15(21)8-6-13/h2-8,11-12H,9H2,1H3. The van der Waals surface area contributed by atoms with Crippen LogP contribution in [0.5, 0.6) is 5.75 Å². The zero-order chi connectivity index (χ0) is 18.1. The number of fused-ring (bicyclic) bond motifs is 1. The Morgan fingerprint density at radius 3 is 2.73 bits per heavy atom. The zero-order valence-electron chi connectivity index (χ0n) is 13.9. The van der Waals surface area contributed by atoms with Gasteiger partial charge >= 0.3 is 0 Å². The van der Waals surface area contributed by atoms with Gasteiger partial charge in [-0.1, -0.05) is 12.1 Å². The Morgan fingerprint density at radius 2 is 2.00 bits per heavy atom. The van der Waals surface area contributed by atoms with E-state index in [1.165, 1.54) is 23.5 Å². The number of aromatic nitrogens is 2. The first-order valence-electron chi connectivity index (χ1n) is 7.97. The molecule has 0 N–H and O–H groups in total. The molecule has 4 rings (SSSR count). The van der Waals surface area contributed by atoms with Crippen molar-refractivity contribution in [3.63, 3.8) is 0 Å². The van der Waals surface area contributed by atoms with Gasteiger partial charge in [-0.2, -0.15) is 5.26 Å². The summed E-state index contributed by atoms with van der Waals surface area (Å²) in [6, 6.07) is 16.2. The number of halogens is 1. The summed E-state index contributed by atoms with van der Waals surface area (Å²) in [6.07, 6.45) is 0.210. The molecule has 0 aliphatic heterocycles. The molecule has 0 amide bonds. The molecule has 6 heteroatoms. The molecular formula is C20H14FN3OS. The lowest BCUT2D eigenvalue weighted by molar-refractivity contribution is 0.415. The molecule has 0 radical (unpaired) electrons. The third-order valence-electron chi connectivity index (χ3n) is 4.19. The Labute approximate surface area is 153 Å². The summed E-state index contributed by atoms with van der Waals surface area (Å²) < 4.78 is 20.6. The van der Waals surface area contributed by atoms with Gasteiger partial charge in [0.05, 0.1) is 36.7 Å². The van der Waals surface area contributed by atoms with E-state index in [-0.39, 0.29) is 12.2 Å². The number of methoxy groups -OCH3 is 1. The molecule has 2 heterocycles. The summed E-state index contributed by atoms with van der Waals surface area (Å²) in [6.45, 7) is 0. The highest BCUT2D eigenvalue weighted by Gasteiger charge is 2.19. The summed E-state index contributed by atoms with van der Waals surface area (Å²) in [7, 11) is 1.63. The van der Waals surface area contributed by atoms with Crippen LogP contribution in [0.4, 0.5) is 4.39 Å². The van der Waals surface area contributed by atoms with Gasteiger partial charge in [0.1, 0.15) is 11.6 Å². The van der Waals surface area contributed by atoms with Crippen molar-refractivity contribution >= 4 is 16.3 Å². The monoisotopic (exact) mass is 363 g/mol. The fourth-order valence-corrected chi connectivity index (χ4v) is 3.89. The fourth-order valence-electron chi connectivity index (χ4n) is 2.98. The molecule has 0 bridgehead atoms. The molecule has 0 atom stereocenters. The van der Waals surface area contributed by atoms with Gasteiger partial charge in [0.25, 0.3) is 0 Å². The SMILES string of the molecule is COc1cccc(-c2csc3nc(-c4ccc(F)cc4)c(CC#N)n23)c1. The molecule has 2 aromatic carbocycles. The highest BCUT2D eigenvalue weighted by atomic mass is 32.1. The number of rotatable bonds is 4. The molecule has 0 unspecified atom stereocenters. The van der Waals surface area contributed by atoms with Crippen LogP contribution in [0.25, 0.3) is 27.5 Å². The highest BCUT2D eigenvalue weighted by molar-refractivity contribution is 7.15. The minimum atomic E-state index is -0.298. The lowest BCUT2D eigenvalue weighted by Crippen LogP contribution is -1.95. The van der Waals surface area contributed by atoms with Gasteiger partial charge in [-0.15, -0.1) is 11.3 Å². The van der Waals surface area contributed by atoms with E-state index >= 15 is 0 Å². The fraction of sp³-hybridized carbons (Fsp3) is 0.100. The van der Waals surface area contributed by atoms with Gasteiger partial charge in [-0.3, -0.25) is 4.40 Å². The maximum Gasteiger partial charge on any atom is 0.194 e. The van der Waals surface area contributed by atoms with E-state index in [2.05, 4.69) is 6.07 Å². The van der Waals surface area contributed by atoms with Crippen LogP contribution >= 0.6 is 11.3 Å². The minimum Gasteiger partial charge on any atom is -0.497 e. The van der Waals surface area contributed by atoms with Gasteiger partial charge < -0.3 is 4.74 Å². The lowest BCUT2D eigenvalue weighted by Gasteiger charge is -2.06. The van der Waals surface area contributed by atoms with E-state index in [1.54, 1.807) is 19.2 Å². The van der Waals surface area contributed by atoms with Crippen molar-refractivity contribution in [2.45, 2.75) is 6.42 Å². The van der Waals surface area contributed by atoms with E-state index in [4.69, 9.17) is 9.72 Å². The average molecular weight is 363 g/mol. The Balaban J connectivity index is 1.94. The first-order valence-corrected chi connectivity index (χ1v) is 8.85. The maximum absolute atomic E-state index is 13.3. The second-order valence-electron chi connectivity index (χ2n) is 5.72. The molecule has 4 aromatic rings. The number of imidazole rings is 1. The Kier molecular flexibility index (Phi) is 4.15. The van der Waals surface area contributed by atoms with Crippen molar-refractivity contribution in [1.82, 2.24) is 9.38 Å². The molecule has 2 aromatic heterocycles. The van der Waals surface area contributed by atoms with Crippen LogP contribution in [0.3, 0.4) is 0 Å². The van der Waals surface area contributed by atoms with Crippen molar-refractivity contribution in [3.8, 4) is 34.3 Å². The number of nitriles is 1. The van der Waals surface area contributed by atoms with Crippen molar-refractivity contribution < 1.29 is 9.13 Å². The number of hydrogen-bond acceptors (Lipinski definition) is 4. The first kappa shape index (κ1) is 16.3. The molecule has 0 spiro atoms. The normalized spacial score (nSPS) is 10.8. The van der Waals surface area contributed by atoms with Gasteiger partial charge in [0, 0.05) is 16.5 Å². The van der Waals surface area contributed by atoms with E-state index in [9.17, 15) is 9.65 Å². The van der Waals surface area contributed by atoms with Crippen LogP contribution in [0.1, 0.15) is 5.69 Å². The van der Waals surface area contributed by atoms with Crippen molar-refractivity contribution in [3.05, 3.63) is 65.4 Å². The van der Waals surface area contributed by atoms with Crippen LogP contribution in [0.15, 0.2) is 53.9 Å². The number of thiazole rings is 1. The lowest BCUT2D eigenvalue weighted by atomic mass is 10.1. The number of hydrogen-bond donors (Lipinski definition) is 0. The Morgan fingerprint density at radius 1 is 1.19 bits per heavy atom. The van der Waals surface area contributed by atoms with E-state index in [1.807, 2.05) is 34.0 Å². The van der Waals surface area contributed by atoms with E-state index in [0.717, 1.165) is 33.2 Å². The maximum atomic E-state index is 13.3. The van der Waals surface area contributed by atoms with Crippen molar-refractivity contribution in [1.29, 1.82) is 5.26 Å². The van der Waals surface area contributed by atoms with Crippen molar-refractivity contribution in [2.24, 2.45) is 0 Å². The van der Waals surface area contributed by atoms with Gasteiger partial charge in [0.2, 0.25) is 0 Å². The second-order valence-corrected chi connectivity index (χ2v) is 6.56. The van der Waals surface area contributed by atoms with Crippen LogP contribution in [-0.2, 0) is 6.42 Å². The summed E-state index contributed by atoms with van der Waals surface area (Å²) in [4.78, 5) is 5.50. The third-order valence-corrected chi connectivity index (χ3v) is 5.01. The molecular weight excluding hydrogens is 349 g/mol. The molecule has 26 heavy (non-hydrogen) atoms. The smallest absolute Gasteiger partial charge is 0.194 e. The van der Waals surface area contributed by atoms with E-state index < -0.39 is 0 Å². The van der Waals surface area contributed by atoms with Crippen LogP contribution in [-0.4, -0.2) is 16.5 Å². The predicted molar refractivity (Wildman–Crippen MR) is 99.8 cm³/mol. The van der Waals surface area contributed by atoms with Crippen molar-refractivity contribution in [2.75, 3.05) is 7.11 Å². The third kappa shape index (κ3) is 2.72. The van der Waals surface area contributed by atoms with Crippen LogP contribution in [0, 0.1) is 17.1 Å². The Bertz CT molecular complexity index is 1120. The predicted octanol–water partition coefficient (Wildman–Crippen LogP) is 4.94. The van der Waals surface area contributed by atoms with Gasteiger partial charge in [-0.05, 0) is 36.4 Å². The number of benzene rings is 2. The molecule has 128 valence electrons.